The average molecular weight is 380 g/mol. The summed E-state index contributed by atoms with van der Waals surface area (Å²) in [5.74, 6) is 0.601. The molecule has 1 N–H and O–H groups in total. The first-order chi connectivity index (χ1) is 13.6. The third-order valence-corrected chi connectivity index (χ3v) is 5.23. The lowest BCUT2D eigenvalue weighted by atomic mass is 10.1. The van der Waals surface area contributed by atoms with Crippen molar-refractivity contribution < 1.29 is 14.3 Å². The van der Waals surface area contributed by atoms with E-state index >= 15 is 0 Å². The zero-order valence-corrected chi connectivity index (χ0v) is 16.6. The van der Waals surface area contributed by atoms with E-state index in [4.69, 9.17) is 4.74 Å². The molecule has 5 nitrogen and oxygen atoms in total. The molecule has 1 unspecified atom stereocenters. The number of benzene rings is 2. The lowest BCUT2D eigenvalue weighted by molar-refractivity contribution is -0.129. The largest absolute Gasteiger partial charge is 0.496 e. The highest BCUT2D eigenvalue weighted by atomic mass is 16.5. The number of aryl methyl sites for hydroxylation is 1. The summed E-state index contributed by atoms with van der Waals surface area (Å²) in [6, 6.07) is 16.1. The Balaban J connectivity index is 1.46. The van der Waals surface area contributed by atoms with E-state index in [-0.39, 0.29) is 17.7 Å². The number of likely N-dealkylation sites (tertiary alicyclic amines) is 1. The molecular formula is C23H28N2O3. The molecule has 2 aromatic carbocycles. The summed E-state index contributed by atoms with van der Waals surface area (Å²) in [5.41, 5.74) is 3.45. The summed E-state index contributed by atoms with van der Waals surface area (Å²) < 4.78 is 5.39. The van der Waals surface area contributed by atoms with Crippen LogP contribution in [0.25, 0.3) is 0 Å². The van der Waals surface area contributed by atoms with E-state index in [1.165, 1.54) is 5.56 Å². The number of carbonyl (C=O) groups is 2. The van der Waals surface area contributed by atoms with Gasteiger partial charge in [-0.2, -0.15) is 0 Å². The van der Waals surface area contributed by atoms with Crippen molar-refractivity contribution in [1.29, 1.82) is 0 Å². The maximum absolute atomic E-state index is 12.5. The number of rotatable bonds is 8. The van der Waals surface area contributed by atoms with Crippen molar-refractivity contribution in [3.8, 4) is 5.75 Å². The van der Waals surface area contributed by atoms with Gasteiger partial charge in [0.1, 0.15) is 5.75 Å². The molecule has 2 aromatic rings. The van der Waals surface area contributed by atoms with Gasteiger partial charge in [0.05, 0.1) is 13.0 Å². The Kier molecular flexibility index (Phi) is 6.69. The fourth-order valence-electron chi connectivity index (χ4n) is 3.64. The molecule has 28 heavy (non-hydrogen) atoms. The van der Waals surface area contributed by atoms with Gasteiger partial charge >= 0.3 is 0 Å². The SMILES string of the molecule is COc1ccc(C)cc1CCNC(=O)C1CC(=O)N(CCc2ccccc2)C1. The fourth-order valence-corrected chi connectivity index (χ4v) is 3.64. The lowest BCUT2D eigenvalue weighted by Gasteiger charge is -2.16. The lowest BCUT2D eigenvalue weighted by Crippen LogP contribution is -2.34. The number of ether oxygens (including phenoxy) is 1. The molecule has 1 saturated heterocycles. The van der Waals surface area contributed by atoms with Crippen LogP contribution in [0.15, 0.2) is 48.5 Å². The van der Waals surface area contributed by atoms with Crippen molar-refractivity contribution in [3.63, 3.8) is 0 Å². The van der Waals surface area contributed by atoms with Crippen LogP contribution < -0.4 is 10.1 Å². The molecule has 0 spiro atoms. The van der Waals surface area contributed by atoms with Crippen LogP contribution in [0.5, 0.6) is 5.75 Å². The van der Waals surface area contributed by atoms with Gasteiger partial charge in [-0.15, -0.1) is 0 Å². The molecule has 1 atom stereocenters. The molecule has 0 saturated carbocycles. The number of hydrogen-bond donors (Lipinski definition) is 1. The number of methoxy groups -OCH3 is 1. The Hall–Kier alpha value is -2.82. The summed E-state index contributed by atoms with van der Waals surface area (Å²) in [4.78, 5) is 26.6. The molecule has 1 fully saturated rings. The minimum Gasteiger partial charge on any atom is -0.496 e. The molecule has 5 heteroatoms. The molecule has 0 radical (unpaired) electrons. The smallest absolute Gasteiger partial charge is 0.225 e. The Morgan fingerprint density at radius 1 is 1.18 bits per heavy atom. The van der Waals surface area contributed by atoms with Gasteiger partial charge in [0, 0.05) is 26.1 Å². The Morgan fingerprint density at radius 2 is 1.96 bits per heavy atom. The van der Waals surface area contributed by atoms with Gasteiger partial charge in [-0.05, 0) is 37.0 Å². The first kappa shape index (κ1) is 19.9. The number of amides is 2. The van der Waals surface area contributed by atoms with Crippen molar-refractivity contribution in [3.05, 3.63) is 65.2 Å². The monoisotopic (exact) mass is 380 g/mol. The number of hydrogen-bond acceptors (Lipinski definition) is 3. The van der Waals surface area contributed by atoms with Crippen molar-refractivity contribution in [2.75, 3.05) is 26.7 Å². The second kappa shape index (κ2) is 9.40. The van der Waals surface area contributed by atoms with E-state index < -0.39 is 0 Å². The van der Waals surface area contributed by atoms with E-state index in [1.54, 1.807) is 12.0 Å². The maximum Gasteiger partial charge on any atom is 0.225 e. The summed E-state index contributed by atoms with van der Waals surface area (Å²) >= 11 is 0. The summed E-state index contributed by atoms with van der Waals surface area (Å²) in [5, 5.41) is 2.99. The second-order valence-corrected chi connectivity index (χ2v) is 7.33. The van der Waals surface area contributed by atoms with E-state index in [1.807, 2.05) is 37.3 Å². The normalized spacial score (nSPS) is 16.3. The van der Waals surface area contributed by atoms with Crippen LogP contribution in [0.1, 0.15) is 23.1 Å². The van der Waals surface area contributed by atoms with Crippen molar-refractivity contribution >= 4 is 11.8 Å². The molecule has 2 amide bonds. The predicted octanol–water partition coefficient (Wildman–Crippen LogP) is 2.75. The highest BCUT2D eigenvalue weighted by molar-refractivity contribution is 5.89. The maximum atomic E-state index is 12.5. The zero-order valence-electron chi connectivity index (χ0n) is 16.6. The summed E-state index contributed by atoms with van der Waals surface area (Å²) in [6.07, 6.45) is 1.82. The fraction of sp³-hybridized carbons (Fsp3) is 0.391. The second-order valence-electron chi connectivity index (χ2n) is 7.33. The first-order valence-corrected chi connectivity index (χ1v) is 9.79. The molecule has 148 valence electrons. The highest BCUT2D eigenvalue weighted by Gasteiger charge is 2.33. The quantitative estimate of drug-likeness (QED) is 0.766. The molecular weight excluding hydrogens is 352 g/mol. The van der Waals surface area contributed by atoms with Crippen LogP contribution in [0.3, 0.4) is 0 Å². The Bertz CT molecular complexity index is 820. The third kappa shape index (κ3) is 5.12. The molecule has 1 heterocycles. The predicted molar refractivity (Wildman–Crippen MR) is 109 cm³/mol. The minimum absolute atomic E-state index is 0.0396. The van der Waals surface area contributed by atoms with E-state index in [0.717, 1.165) is 23.3 Å². The first-order valence-electron chi connectivity index (χ1n) is 9.79. The van der Waals surface area contributed by atoms with Gasteiger partial charge in [-0.1, -0.05) is 48.0 Å². The summed E-state index contributed by atoms with van der Waals surface area (Å²) in [6.45, 7) is 3.74. The van der Waals surface area contributed by atoms with Crippen LogP contribution in [-0.4, -0.2) is 43.5 Å². The van der Waals surface area contributed by atoms with Gasteiger partial charge < -0.3 is 15.0 Å². The highest BCUT2D eigenvalue weighted by Crippen LogP contribution is 2.21. The van der Waals surface area contributed by atoms with Crippen LogP contribution in [0.4, 0.5) is 0 Å². The van der Waals surface area contributed by atoms with Gasteiger partial charge in [0.25, 0.3) is 0 Å². The minimum atomic E-state index is -0.261. The van der Waals surface area contributed by atoms with Crippen LogP contribution in [0, 0.1) is 12.8 Å². The Morgan fingerprint density at radius 3 is 2.71 bits per heavy atom. The molecule has 0 aliphatic carbocycles. The zero-order chi connectivity index (χ0) is 19.9. The van der Waals surface area contributed by atoms with E-state index in [2.05, 4.69) is 23.5 Å². The van der Waals surface area contributed by atoms with E-state index in [0.29, 0.717) is 32.5 Å². The van der Waals surface area contributed by atoms with Crippen LogP contribution in [0.2, 0.25) is 0 Å². The molecule has 0 bridgehead atoms. The van der Waals surface area contributed by atoms with Gasteiger partial charge in [0.15, 0.2) is 0 Å². The molecule has 1 aliphatic heterocycles. The van der Waals surface area contributed by atoms with Crippen molar-refractivity contribution in [2.24, 2.45) is 5.92 Å². The van der Waals surface area contributed by atoms with E-state index in [9.17, 15) is 9.59 Å². The Labute approximate surface area is 166 Å². The van der Waals surface area contributed by atoms with Gasteiger partial charge in [0.2, 0.25) is 11.8 Å². The number of nitrogens with zero attached hydrogens (tertiary/aromatic N) is 1. The van der Waals surface area contributed by atoms with Crippen LogP contribution in [-0.2, 0) is 22.4 Å². The third-order valence-electron chi connectivity index (χ3n) is 5.23. The molecule has 1 aliphatic rings. The standard InChI is InChI=1S/C23H28N2O3/c1-17-8-9-21(28-2)19(14-17)10-12-24-23(27)20-15-22(26)25(16-20)13-11-18-6-4-3-5-7-18/h3-9,14,20H,10-13,15-16H2,1-2H3,(H,24,27). The number of carbonyl (C=O) groups excluding carboxylic acids is 2. The van der Waals surface area contributed by atoms with Gasteiger partial charge in [-0.3, -0.25) is 9.59 Å². The van der Waals surface area contributed by atoms with Gasteiger partial charge in [-0.25, -0.2) is 0 Å². The summed E-state index contributed by atoms with van der Waals surface area (Å²) in [7, 11) is 1.65. The topological polar surface area (TPSA) is 58.6 Å². The average Bonchev–Trinajstić information content (AvgIpc) is 3.08. The molecule has 0 aromatic heterocycles. The van der Waals surface area contributed by atoms with Crippen molar-refractivity contribution in [2.45, 2.75) is 26.2 Å². The van der Waals surface area contributed by atoms with Crippen LogP contribution >= 0.6 is 0 Å². The molecule has 3 rings (SSSR count). The van der Waals surface area contributed by atoms with Crippen molar-refractivity contribution in [1.82, 2.24) is 10.2 Å². The number of nitrogens with one attached hydrogen (secondary N) is 1.